The lowest BCUT2D eigenvalue weighted by Crippen LogP contribution is -2.11. The van der Waals surface area contributed by atoms with Gasteiger partial charge in [-0.15, -0.1) is 11.3 Å². The van der Waals surface area contributed by atoms with E-state index in [1.807, 2.05) is 27.1 Å². The normalized spacial score (nSPS) is 12.2. The second-order valence-electron chi connectivity index (χ2n) is 4.73. The summed E-state index contributed by atoms with van der Waals surface area (Å²) in [5.41, 5.74) is 1.03. The molecular weight excluding hydrogens is 270 g/mol. The van der Waals surface area contributed by atoms with Gasteiger partial charge >= 0.3 is 0 Å². The molecule has 1 unspecified atom stereocenters. The Kier molecular flexibility index (Phi) is 4.54. The second kappa shape index (κ2) is 6.17. The zero-order valence-corrected chi connectivity index (χ0v) is 13.4. The topological polar surface area (TPSA) is 62.7 Å². The van der Waals surface area contributed by atoms with Crippen LogP contribution in [0.25, 0.3) is 0 Å². The van der Waals surface area contributed by atoms with Crippen molar-refractivity contribution in [1.29, 1.82) is 0 Å². The molecule has 2 rings (SSSR count). The molecule has 0 radical (unpaired) electrons. The summed E-state index contributed by atoms with van der Waals surface area (Å²) in [6.45, 7) is 8.16. The lowest BCUT2D eigenvalue weighted by Gasteiger charge is -2.16. The fourth-order valence-corrected chi connectivity index (χ4v) is 2.82. The molecule has 0 aliphatic rings. The maximum absolute atomic E-state index is 4.49. The molecule has 0 bridgehead atoms. The number of aryl methyl sites for hydroxylation is 2. The first-order chi connectivity index (χ1) is 9.55. The Labute approximate surface area is 123 Å². The highest BCUT2D eigenvalue weighted by atomic mass is 32.1. The lowest BCUT2D eigenvalue weighted by atomic mass is 10.2. The van der Waals surface area contributed by atoms with E-state index in [9.17, 15) is 0 Å². The first-order valence-corrected chi connectivity index (χ1v) is 7.61. The van der Waals surface area contributed by atoms with Crippen LogP contribution in [0.15, 0.2) is 6.20 Å². The highest BCUT2D eigenvalue weighted by molar-refractivity contribution is 7.11. The molecular formula is C14H21N5S. The molecule has 2 heterocycles. The van der Waals surface area contributed by atoms with Crippen LogP contribution in [0.1, 0.15) is 41.2 Å². The Morgan fingerprint density at radius 1 is 1.25 bits per heavy atom. The summed E-state index contributed by atoms with van der Waals surface area (Å²) < 4.78 is 0. The Morgan fingerprint density at radius 3 is 2.55 bits per heavy atom. The molecule has 0 amide bonds. The van der Waals surface area contributed by atoms with Gasteiger partial charge in [0.1, 0.15) is 22.5 Å². The van der Waals surface area contributed by atoms with Gasteiger partial charge in [0.15, 0.2) is 0 Å². The van der Waals surface area contributed by atoms with Gasteiger partial charge in [-0.25, -0.2) is 15.0 Å². The van der Waals surface area contributed by atoms with E-state index in [4.69, 9.17) is 0 Å². The molecule has 0 saturated carbocycles. The Balaban J connectivity index is 2.23. The third kappa shape index (κ3) is 3.07. The predicted molar refractivity (Wildman–Crippen MR) is 84.6 cm³/mol. The van der Waals surface area contributed by atoms with Gasteiger partial charge in [-0.3, -0.25) is 0 Å². The number of nitrogens with zero attached hydrogens (tertiary/aromatic N) is 3. The Bertz CT molecular complexity index is 593. The van der Waals surface area contributed by atoms with Crippen molar-refractivity contribution in [3.05, 3.63) is 27.5 Å². The number of anilines is 2. The number of aromatic nitrogens is 3. The Morgan fingerprint density at radius 2 is 1.95 bits per heavy atom. The maximum Gasteiger partial charge on any atom is 0.135 e. The highest BCUT2D eigenvalue weighted by Crippen LogP contribution is 2.26. The molecule has 1 atom stereocenters. The zero-order valence-electron chi connectivity index (χ0n) is 12.6. The fourth-order valence-electron chi connectivity index (χ4n) is 1.97. The molecule has 2 N–H and O–H groups in total. The Hall–Kier alpha value is -1.69. The van der Waals surface area contributed by atoms with Gasteiger partial charge in [-0.05, 0) is 27.2 Å². The molecule has 0 aliphatic carbocycles. The number of hydrogen-bond acceptors (Lipinski definition) is 6. The summed E-state index contributed by atoms with van der Waals surface area (Å²) >= 11 is 1.75. The predicted octanol–water partition coefficient (Wildman–Crippen LogP) is 3.33. The van der Waals surface area contributed by atoms with Gasteiger partial charge in [0.05, 0.1) is 6.04 Å². The minimum absolute atomic E-state index is 0.137. The fraction of sp³-hybridized carbons (Fsp3) is 0.500. The zero-order chi connectivity index (χ0) is 14.7. The highest BCUT2D eigenvalue weighted by Gasteiger charge is 2.14. The van der Waals surface area contributed by atoms with Crippen LogP contribution in [0.3, 0.4) is 0 Å². The van der Waals surface area contributed by atoms with Gasteiger partial charge in [-0.2, -0.15) is 0 Å². The monoisotopic (exact) mass is 291 g/mol. The summed E-state index contributed by atoms with van der Waals surface area (Å²) in [5.74, 6) is 2.48. The van der Waals surface area contributed by atoms with Crippen molar-refractivity contribution < 1.29 is 0 Å². The van der Waals surface area contributed by atoms with E-state index in [-0.39, 0.29) is 6.04 Å². The molecule has 0 saturated heterocycles. The van der Waals surface area contributed by atoms with Gasteiger partial charge in [0, 0.05) is 23.7 Å². The molecule has 0 aliphatic heterocycles. The SMILES string of the molecule is CCc1cnc(C(C)Nc2nc(C)nc(NC)c2C)s1. The minimum atomic E-state index is 0.137. The standard InChI is InChI=1S/C14H21N5S/c1-6-11-7-16-14(20-11)9(3)17-13-8(2)12(15-5)18-10(4)19-13/h7,9H,6H2,1-5H3,(H2,15,17,18,19). The van der Waals surface area contributed by atoms with Crippen LogP contribution in [0.2, 0.25) is 0 Å². The van der Waals surface area contributed by atoms with Gasteiger partial charge in [0.2, 0.25) is 0 Å². The van der Waals surface area contributed by atoms with Crippen LogP contribution in [0.4, 0.5) is 11.6 Å². The molecule has 108 valence electrons. The van der Waals surface area contributed by atoms with E-state index < -0.39 is 0 Å². The summed E-state index contributed by atoms with van der Waals surface area (Å²) in [6, 6.07) is 0.137. The molecule has 2 aromatic rings. The van der Waals surface area contributed by atoms with Crippen LogP contribution in [-0.2, 0) is 6.42 Å². The minimum Gasteiger partial charge on any atom is -0.373 e. The first kappa shape index (κ1) is 14.7. The van der Waals surface area contributed by atoms with E-state index in [1.165, 1.54) is 4.88 Å². The van der Waals surface area contributed by atoms with Crippen LogP contribution >= 0.6 is 11.3 Å². The summed E-state index contributed by atoms with van der Waals surface area (Å²) in [6.07, 6.45) is 2.98. The van der Waals surface area contributed by atoms with E-state index in [1.54, 1.807) is 11.3 Å². The molecule has 20 heavy (non-hydrogen) atoms. The van der Waals surface area contributed by atoms with Crippen LogP contribution in [0, 0.1) is 13.8 Å². The average molecular weight is 291 g/mol. The van der Waals surface area contributed by atoms with Gasteiger partial charge < -0.3 is 10.6 Å². The summed E-state index contributed by atoms with van der Waals surface area (Å²) in [4.78, 5) is 14.6. The van der Waals surface area contributed by atoms with E-state index in [0.29, 0.717) is 0 Å². The number of thiazole rings is 1. The molecule has 0 spiro atoms. The second-order valence-corrected chi connectivity index (χ2v) is 5.87. The summed E-state index contributed by atoms with van der Waals surface area (Å²) in [7, 11) is 1.87. The molecule has 6 heteroatoms. The van der Waals surface area contributed by atoms with Crippen molar-refractivity contribution in [2.45, 2.75) is 40.2 Å². The van der Waals surface area contributed by atoms with Crippen molar-refractivity contribution in [2.24, 2.45) is 0 Å². The summed E-state index contributed by atoms with van der Waals surface area (Å²) in [5, 5.41) is 7.62. The average Bonchev–Trinajstić information content (AvgIpc) is 2.91. The van der Waals surface area contributed by atoms with E-state index >= 15 is 0 Å². The van der Waals surface area contributed by atoms with Crippen molar-refractivity contribution >= 4 is 23.0 Å². The maximum atomic E-state index is 4.49. The number of nitrogens with one attached hydrogen (secondary N) is 2. The van der Waals surface area contributed by atoms with Crippen LogP contribution < -0.4 is 10.6 Å². The largest absolute Gasteiger partial charge is 0.373 e. The molecule has 5 nitrogen and oxygen atoms in total. The number of rotatable bonds is 5. The number of hydrogen-bond donors (Lipinski definition) is 2. The molecule has 0 fully saturated rings. The smallest absolute Gasteiger partial charge is 0.135 e. The van der Waals surface area contributed by atoms with Crippen molar-refractivity contribution in [2.75, 3.05) is 17.7 Å². The van der Waals surface area contributed by atoms with Gasteiger partial charge in [0.25, 0.3) is 0 Å². The van der Waals surface area contributed by atoms with Crippen molar-refractivity contribution in [1.82, 2.24) is 15.0 Å². The van der Waals surface area contributed by atoms with Crippen LogP contribution in [-0.4, -0.2) is 22.0 Å². The van der Waals surface area contributed by atoms with Crippen molar-refractivity contribution in [3.63, 3.8) is 0 Å². The quantitative estimate of drug-likeness (QED) is 0.884. The van der Waals surface area contributed by atoms with E-state index in [2.05, 4.69) is 39.4 Å². The molecule has 0 aromatic carbocycles. The van der Waals surface area contributed by atoms with E-state index in [0.717, 1.165) is 34.5 Å². The third-order valence-electron chi connectivity index (χ3n) is 3.14. The van der Waals surface area contributed by atoms with Gasteiger partial charge in [-0.1, -0.05) is 6.92 Å². The third-order valence-corrected chi connectivity index (χ3v) is 4.46. The van der Waals surface area contributed by atoms with Crippen LogP contribution in [0.5, 0.6) is 0 Å². The first-order valence-electron chi connectivity index (χ1n) is 6.79. The lowest BCUT2D eigenvalue weighted by molar-refractivity contribution is 0.850. The van der Waals surface area contributed by atoms with Crippen molar-refractivity contribution in [3.8, 4) is 0 Å². The molecule has 2 aromatic heterocycles.